The molecule has 0 radical (unpaired) electrons. The molecule has 0 saturated heterocycles. The lowest BCUT2D eigenvalue weighted by Gasteiger charge is -2.39. The summed E-state index contributed by atoms with van der Waals surface area (Å²) in [4.78, 5) is 5.85. The summed E-state index contributed by atoms with van der Waals surface area (Å²) in [5.41, 5.74) is 5.56. The number of alkyl halides is 1. The molecule has 106 valence electrons. The Labute approximate surface area is 130 Å². The van der Waals surface area contributed by atoms with Crippen LogP contribution in [0.25, 0.3) is 16.5 Å². The van der Waals surface area contributed by atoms with Gasteiger partial charge in [0.05, 0.1) is 0 Å². The van der Waals surface area contributed by atoms with Gasteiger partial charge in [-0.1, -0.05) is 18.2 Å². The van der Waals surface area contributed by atoms with Crippen molar-refractivity contribution in [2.75, 3.05) is 19.5 Å². The Bertz CT molecular complexity index is 674. The number of halogens is 2. The minimum Gasteiger partial charge on any atom is -0.361 e. The van der Waals surface area contributed by atoms with E-state index in [2.05, 4.69) is 47.4 Å². The number of aromatic amines is 1. The predicted octanol–water partition coefficient (Wildman–Crippen LogP) is 3.70. The van der Waals surface area contributed by atoms with E-state index in [-0.39, 0.29) is 12.4 Å². The second-order valence-electron chi connectivity index (χ2n) is 5.74. The number of benzene rings is 1. The van der Waals surface area contributed by atoms with Crippen LogP contribution in [-0.2, 0) is 6.42 Å². The number of nitrogens with zero attached hydrogens (tertiary/aromatic N) is 1. The van der Waals surface area contributed by atoms with Crippen molar-refractivity contribution in [2.24, 2.45) is 5.92 Å². The van der Waals surface area contributed by atoms with Crippen LogP contribution in [0.3, 0.4) is 0 Å². The van der Waals surface area contributed by atoms with Gasteiger partial charge >= 0.3 is 0 Å². The van der Waals surface area contributed by atoms with Crippen molar-refractivity contribution in [3.8, 4) is 0 Å². The third-order valence-electron chi connectivity index (χ3n) is 4.54. The summed E-state index contributed by atoms with van der Waals surface area (Å²) >= 11 is 6.08. The molecule has 0 unspecified atom stereocenters. The van der Waals surface area contributed by atoms with Gasteiger partial charge in [0.25, 0.3) is 0 Å². The van der Waals surface area contributed by atoms with E-state index < -0.39 is 0 Å². The molecule has 4 heteroatoms. The van der Waals surface area contributed by atoms with Gasteiger partial charge in [-0.05, 0) is 36.2 Å². The van der Waals surface area contributed by atoms with Gasteiger partial charge in [0, 0.05) is 41.5 Å². The molecule has 1 aliphatic carbocycles. The molecule has 20 heavy (non-hydrogen) atoms. The van der Waals surface area contributed by atoms with Crippen molar-refractivity contribution in [3.63, 3.8) is 0 Å². The number of fused-ring (bicyclic) bond motifs is 2. The molecule has 1 aliphatic heterocycles. The third kappa shape index (κ3) is 1.90. The van der Waals surface area contributed by atoms with Crippen LogP contribution in [0.4, 0.5) is 0 Å². The minimum absolute atomic E-state index is 0. The highest BCUT2D eigenvalue weighted by Gasteiger charge is 2.33. The molecule has 4 rings (SSSR count). The molecule has 2 atom stereocenters. The first-order valence-electron chi connectivity index (χ1n) is 6.85. The number of nitrogens with one attached hydrogen (secondary N) is 1. The highest BCUT2D eigenvalue weighted by Crippen LogP contribution is 2.40. The predicted molar refractivity (Wildman–Crippen MR) is 87.9 cm³/mol. The Hall–Kier alpha value is -0.960. The summed E-state index contributed by atoms with van der Waals surface area (Å²) in [6, 6.07) is 7.07. The third-order valence-corrected chi connectivity index (χ3v) is 4.94. The summed E-state index contributed by atoms with van der Waals surface area (Å²) in [6.45, 7) is 1.06. The maximum absolute atomic E-state index is 6.08. The summed E-state index contributed by atoms with van der Waals surface area (Å²) in [5, 5.41) is 1.41. The van der Waals surface area contributed by atoms with Crippen LogP contribution < -0.4 is 0 Å². The molecular formula is C16H18Cl2N2. The topological polar surface area (TPSA) is 19.0 Å². The van der Waals surface area contributed by atoms with Gasteiger partial charge in [-0.3, -0.25) is 4.90 Å². The van der Waals surface area contributed by atoms with Crippen molar-refractivity contribution >= 4 is 40.5 Å². The summed E-state index contributed by atoms with van der Waals surface area (Å²) in [7, 11) is 2.22. The largest absolute Gasteiger partial charge is 0.361 e. The fraction of sp³-hybridized carbons (Fsp3) is 0.375. The van der Waals surface area contributed by atoms with Gasteiger partial charge in [0.1, 0.15) is 0 Å². The Morgan fingerprint density at radius 2 is 2.25 bits per heavy atom. The normalized spacial score (nSPS) is 25.0. The smallest absolute Gasteiger partial charge is 0.0462 e. The molecule has 1 aromatic carbocycles. The fourth-order valence-corrected chi connectivity index (χ4v) is 3.83. The van der Waals surface area contributed by atoms with Gasteiger partial charge in [-0.25, -0.2) is 0 Å². The first-order chi connectivity index (χ1) is 9.28. The fourth-order valence-electron chi connectivity index (χ4n) is 3.65. The van der Waals surface area contributed by atoms with Crippen LogP contribution in [0, 0.1) is 5.92 Å². The average molecular weight is 309 g/mol. The highest BCUT2D eigenvalue weighted by molar-refractivity contribution is 6.18. The summed E-state index contributed by atoms with van der Waals surface area (Å²) in [6.07, 6.45) is 5.68. The van der Waals surface area contributed by atoms with Crippen molar-refractivity contribution in [3.05, 3.63) is 41.6 Å². The molecule has 2 nitrogen and oxygen atoms in total. The molecule has 2 aliphatic rings. The van der Waals surface area contributed by atoms with E-state index in [9.17, 15) is 0 Å². The number of hydrogen-bond donors (Lipinski definition) is 1. The Kier molecular flexibility index (Phi) is 3.57. The Balaban J connectivity index is 0.00000121. The number of hydrogen-bond acceptors (Lipinski definition) is 1. The second kappa shape index (κ2) is 5.10. The number of aromatic nitrogens is 1. The SMILES string of the molecule is CN1C[C@H](CCl)C=C2c3cccc4[nH]cc(c34)C[C@H]21.Cl. The molecule has 2 heterocycles. The minimum atomic E-state index is 0. The van der Waals surface area contributed by atoms with Crippen LogP contribution in [0.15, 0.2) is 30.5 Å². The Morgan fingerprint density at radius 3 is 3.05 bits per heavy atom. The lowest BCUT2D eigenvalue weighted by Crippen LogP contribution is -2.42. The van der Waals surface area contributed by atoms with Crippen molar-refractivity contribution < 1.29 is 0 Å². The molecule has 1 N–H and O–H groups in total. The van der Waals surface area contributed by atoms with E-state index in [1.54, 1.807) is 0 Å². The van der Waals surface area contributed by atoms with Crippen LogP contribution in [0.1, 0.15) is 11.1 Å². The maximum atomic E-state index is 6.08. The molecule has 0 saturated carbocycles. The molecule has 2 aromatic rings. The second-order valence-corrected chi connectivity index (χ2v) is 6.05. The molecule has 0 amide bonds. The van der Waals surface area contributed by atoms with Gasteiger partial charge in [0.15, 0.2) is 0 Å². The van der Waals surface area contributed by atoms with Gasteiger partial charge in [0.2, 0.25) is 0 Å². The number of rotatable bonds is 1. The van der Waals surface area contributed by atoms with E-state index in [4.69, 9.17) is 11.6 Å². The molecule has 0 bridgehead atoms. The zero-order valence-corrected chi connectivity index (χ0v) is 13.0. The van der Waals surface area contributed by atoms with Crippen LogP contribution in [0.5, 0.6) is 0 Å². The molecule has 0 fully saturated rings. The van der Waals surface area contributed by atoms with Gasteiger partial charge in [-0.15, -0.1) is 24.0 Å². The van der Waals surface area contributed by atoms with Crippen LogP contribution in [-0.4, -0.2) is 35.4 Å². The van der Waals surface area contributed by atoms with E-state index >= 15 is 0 Å². The van der Waals surface area contributed by atoms with E-state index in [1.807, 2.05) is 0 Å². The molecule has 1 aromatic heterocycles. The van der Waals surface area contributed by atoms with Gasteiger partial charge in [-0.2, -0.15) is 0 Å². The lowest BCUT2D eigenvalue weighted by molar-refractivity contribution is 0.253. The van der Waals surface area contributed by atoms with Crippen LogP contribution in [0.2, 0.25) is 0 Å². The summed E-state index contributed by atoms with van der Waals surface area (Å²) in [5.74, 6) is 1.17. The maximum Gasteiger partial charge on any atom is 0.0462 e. The first-order valence-corrected chi connectivity index (χ1v) is 7.38. The number of likely N-dealkylation sites (N-methyl/N-ethyl adjacent to an activating group) is 1. The monoisotopic (exact) mass is 308 g/mol. The average Bonchev–Trinajstić information content (AvgIpc) is 2.85. The zero-order valence-electron chi connectivity index (χ0n) is 11.4. The molecule has 0 spiro atoms. The molecular weight excluding hydrogens is 291 g/mol. The van der Waals surface area contributed by atoms with E-state index in [1.165, 1.54) is 27.6 Å². The van der Waals surface area contributed by atoms with Crippen molar-refractivity contribution in [1.82, 2.24) is 9.88 Å². The standard InChI is InChI=1S/C16H17ClN2.ClH/c1-19-9-10(7-17)5-13-12-3-2-4-14-16(12)11(8-18-14)6-15(13)19;/h2-5,8,10,15,18H,6-7,9H2,1H3;1H/t10-,15+;/m0./s1. The van der Waals surface area contributed by atoms with Crippen LogP contribution >= 0.6 is 24.0 Å². The Morgan fingerprint density at radius 1 is 1.40 bits per heavy atom. The van der Waals surface area contributed by atoms with Crippen molar-refractivity contribution in [2.45, 2.75) is 12.5 Å². The van der Waals surface area contributed by atoms with Gasteiger partial charge < -0.3 is 4.98 Å². The summed E-state index contributed by atoms with van der Waals surface area (Å²) < 4.78 is 0. The lowest BCUT2D eigenvalue weighted by atomic mass is 9.80. The highest BCUT2D eigenvalue weighted by atomic mass is 35.5. The first kappa shape index (κ1) is 14.0. The van der Waals surface area contributed by atoms with E-state index in [0.717, 1.165) is 13.0 Å². The van der Waals surface area contributed by atoms with E-state index in [0.29, 0.717) is 17.8 Å². The quantitative estimate of drug-likeness (QED) is 0.796. The number of H-pyrrole nitrogens is 1. The van der Waals surface area contributed by atoms with Crippen molar-refractivity contribution in [1.29, 1.82) is 0 Å². The zero-order chi connectivity index (χ0) is 13.0.